The second-order valence-corrected chi connectivity index (χ2v) is 12.4. The number of hydrogen-bond donors (Lipinski definition) is 1. The number of nitrogens with one attached hydrogen (secondary N) is 1. The van der Waals surface area contributed by atoms with Crippen molar-refractivity contribution in [2.75, 3.05) is 0 Å². The molecule has 2 aromatic carbocycles. The molecule has 4 aromatic rings. The van der Waals surface area contributed by atoms with Gasteiger partial charge in [0.15, 0.2) is 5.54 Å². The summed E-state index contributed by atoms with van der Waals surface area (Å²) in [5.74, 6) is -0.223. The maximum Gasteiger partial charge on any atom is 0.272 e. The van der Waals surface area contributed by atoms with Crippen molar-refractivity contribution in [3.63, 3.8) is 0 Å². The fourth-order valence-electron chi connectivity index (χ4n) is 6.23. The van der Waals surface area contributed by atoms with Gasteiger partial charge < -0.3 is 14.8 Å². The van der Waals surface area contributed by atoms with Gasteiger partial charge in [-0.2, -0.15) is 0 Å². The quantitative estimate of drug-likeness (QED) is 0.252. The molecule has 1 saturated carbocycles. The maximum atomic E-state index is 14.7. The Morgan fingerprint density at radius 1 is 1.03 bits per heavy atom. The van der Waals surface area contributed by atoms with E-state index in [4.69, 9.17) is 11.6 Å². The lowest BCUT2D eigenvalue weighted by Gasteiger charge is -2.47. The smallest absolute Gasteiger partial charge is 0.272 e. The van der Waals surface area contributed by atoms with Gasteiger partial charge in [-0.1, -0.05) is 86.7 Å². The van der Waals surface area contributed by atoms with Crippen LogP contribution < -0.4 is 5.32 Å². The Morgan fingerprint density at radius 2 is 1.74 bits per heavy atom. The topological polar surface area (TPSA) is 54.3 Å². The molecular formula is C32H34ClN3O2S. The van der Waals surface area contributed by atoms with Crippen LogP contribution in [0.1, 0.15) is 71.9 Å². The minimum Gasteiger partial charge on any atom is -0.351 e. The number of hydrogen-bond acceptors (Lipinski definition) is 3. The van der Waals surface area contributed by atoms with E-state index in [9.17, 15) is 9.59 Å². The van der Waals surface area contributed by atoms with E-state index >= 15 is 0 Å². The highest BCUT2D eigenvalue weighted by molar-refractivity contribution is 7.19. The Hall–Kier alpha value is -3.09. The first kappa shape index (κ1) is 26.1. The molecule has 2 aromatic heterocycles. The van der Waals surface area contributed by atoms with Crippen LogP contribution in [0, 0.1) is 0 Å². The number of benzene rings is 2. The molecule has 5 nitrogen and oxygen atoms in total. The van der Waals surface area contributed by atoms with E-state index in [2.05, 4.69) is 22.9 Å². The minimum atomic E-state index is -1.20. The fraction of sp³-hybridized carbons (Fsp3) is 0.375. The van der Waals surface area contributed by atoms with Crippen LogP contribution >= 0.6 is 22.9 Å². The first-order valence-electron chi connectivity index (χ1n) is 14.0. The van der Waals surface area contributed by atoms with Crippen LogP contribution in [-0.2, 0) is 29.8 Å². The number of amides is 2. The van der Waals surface area contributed by atoms with Crippen molar-refractivity contribution >= 4 is 45.0 Å². The molecule has 1 fully saturated rings. The second kappa shape index (κ2) is 10.8. The lowest BCUT2D eigenvalue weighted by Crippen LogP contribution is -2.63. The molecule has 1 atom stereocenters. The van der Waals surface area contributed by atoms with Crippen molar-refractivity contribution in [1.29, 1.82) is 0 Å². The van der Waals surface area contributed by atoms with E-state index in [1.807, 2.05) is 60.7 Å². The molecule has 202 valence electrons. The number of carbonyl (C=O) groups is 2. The summed E-state index contributed by atoms with van der Waals surface area (Å²) in [6.07, 6.45) is 7.55. The summed E-state index contributed by atoms with van der Waals surface area (Å²) in [4.78, 5) is 32.2. The van der Waals surface area contributed by atoms with Crippen LogP contribution in [0.2, 0.25) is 5.02 Å². The molecule has 1 aliphatic heterocycles. The van der Waals surface area contributed by atoms with Gasteiger partial charge >= 0.3 is 0 Å². The SMILES string of the molecule is CCc1cc2c(cc3n2C[C@](C(=O)NC2CCCCCC2)(c2ccccc2)N(Cc2ccc(Cl)cc2)C3=O)s1. The highest BCUT2D eigenvalue weighted by Gasteiger charge is 2.53. The van der Waals surface area contributed by atoms with Gasteiger partial charge in [-0.15, -0.1) is 11.3 Å². The molecule has 0 spiro atoms. The average Bonchev–Trinajstić information content (AvgIpc) is 3.40. The Bertz CT molecular complexity index is 1490. The number of aromatic nitrogens is 1. The molecule has 1 N–H and O–H groups in total. The Kier molecular flexibility index (Phi) is 7.25. The van der Waals surface area contributed by atoms with E-state index in [0.717, 1.165) is 53.4 Å². The molecule has 1 aliphatic carbocycles. The Labute approximate surface area is 238 Å². The first-order valence-corrected chi connectivity index (χ1v) is 15.2. The number of fused-ring (bicyclic) bond motifs is 3. The maximum absolute atomic E-state index is 14.7. The van der Waals surface area contributed by atoms with Gasteiger partial charge in [0.25, 0.3) is 11.8 Å². The van der Waals surface area contributed by atoms with Gasteiger partial charge in [0, 0.05) is 22.5 Å². The summed E-state index contributed by atoms with van der Waals surface area (Å²) in [5, 5.41) is 4.08. The zero-order valence-electron chi connectivity index (χ0n) is 22.3. The number of thiophene rings is 1. The third-order valence-corrected chi connectivity index (χ3v) is 9.84. The van der Waals surface area contributed by atoms with Crippen LogP contribution in [0.15, 0.2) is 66.7 Å². The molecular weight excluding hydrogens is 526 g/mol. The predicted octanol–water partition coefficient (Wildman–Crippen LogP) is 7.31. The Morgan fingerprint density at radius 3 is 2.44 bits per heavy atom. The van der Waals surface area contributed by atoms with Gasteiger partial charge in [0.05, 0.1) is 16.8 Å². The van der Waals surface area contributed by atoms with Gasteiger partial charge in [0.1, 0.15) is 5.69 Å². The van der Waals surface area contributed by atoms with Crippen molar-refractivity contribution in [3.05, 3.63) is 93.5 Å². The normalized spacial score (nSPS) is 20.2. The number of carbonyl (C=O) groups excluding carboxylic acids is 2. The molecule has 6 rings (SSSR count). The van der Waals surface area contributed by atoms with E-state index in [0.29, 0.717) is 23.8 Å². The highest BCUT2D eigenvalue weighted by Crippen LogP contribution is 2.42. The van der Waals surface area contributed by atoms with Crippen LogP contribution in [-0.4, -0.2) is 27.3 Å². The van der Waals surface area contributed by atoms with Crippen LogP contribution in [0.4, 0.5) is 0 Å². The lowest BCUT2D eigenvalue weighted by atomic mass is 9.83. The van der Waals surface area contributed by atoms with Gasteiger partial charge in [-0.25, -0.2) is 0 Å². The Balaban J connectivity index is 1.52. The fourth-order valence-corrected chi connectivity index (χ4v) is 7.40. The third-order valence-electron chi connectivity index (χ3n) is 8.37. The number of nitrogens with zero attached hydrogens (tertiary/aromatic N) is 2. The molecule has 39 heavy (non-hydrogen) atoms. The van der Waals surface area contributed by atoms with Crippen LogP contribution in [0.5, 0.6) is 0 Å². The molecule has 3 heterocycles. The van der Waals surface area contributed by atoms with E-state index < -0.39 is 5.54 Å². The summed E-state index contributed by atoms with van der Waals surface area (Å²) in [6.45, 7) is 2.82. The van der Waals surface area contributed by atoms with Gasteiger partial charge in [-0.3, -0.25) is 9.59 Å². The van der Waals surface area contributed by atoms with Crippen molar-refractivity contribution in [3.8, 4) is 0 Å². The van der Waals surface area contributed by atoms with Gasteiger partial charge in [0.2, 0.25) is 0 Å². The molecule has 0 radical (unpaired) electrons. The average molecular weight is 560 g/mol. The third kappa shape index (κ3) is 4.78. The van der Waals surface area contributed by atoms with Gasteiger partial charge in [-0.05, 0) is 54.7 Å². The van der Waals surface area contributed by atoms with E-state index in [1.54, 1.807) is 16.2 Å². The predicted molar refractivity (Wildman–Crippen MR) is 158 cm³/mol. The molecule has 7 heteroatoms. The summed E-state index contributed by atoms with van der Waals surface area (Å²) in [5.41, 5.74) is 2.25. The van der Waals surface area contributed by atoms with Crippen molar-refractivity contribution < 1.29 is 9.59 Å². The molecule has 0 saturated heterocycles. The molecule has 2 aliphatic rings. The van der Waals surface area contributed by atoms with E-state index in [-0.39, 0.29) is 17.9 Å². The highest BCUT2D eigenvalue weighted by atomic mass is 35.5. The van der Waals surface area contributed by atoms with E-state index in [1.165, 1.54) is 17.7 Å². The summed E-state index contributed by atoms with van der Waals surface area (Å²) in [6, 6.07) is 21.7. The monoisotopic (exact) mass is 559 g/mol. The summed E-state index contributed by atoms with van der Waals surface area (Å²) < 4.78 is 3.18. The number of halogens is 1. The summed E-state index contributed by atoms with van der Waals surface area (Å²) in [7, 11) is 0. The molecule has 0 unspecified atom stereocenters. The second-order valence-electron chi connectivity index (χ2n) is 10.8. The molecule has 0 bridgehead atoms. The minimum absolute atomic E-state index is 0.0960. The largest absolute Gasteiger partial charge is 0.351 e. The lowest BCUT2D eigenvalue weighted by molar-refractivity contribution is -0.136. The van der Waals surface area contributed by atoms with Crippen molar-refractivity contribution in [2.24, 2.45) is 0 Å². The number of rotatable bonds is 6. The zero-order valence-corrected chi connectivity index (χ0v) is 23.9. The molecule has 2 amide bonds. The summed E-state index contributed by atoms with van der Waals surface area (Å²) >= 11 is 7.91. The van der Waals surface area contributed by atoms with Crippen molar-refractivity contribution in [1.82, 2.24) is 14.8 Å². The number of aryl methyl sites for hydroxylation is 1. The zero-order chi connectivity index (χ0) is 27.0. The van der Waals surface area contributed by atoms with Crippen LogP contribution in [0.3, 0.4) is 0 Å². The van der Waals surface area contributed by atoms with Crippen LogP contribution in [0.25, 0.3) is 10.2 Å². The van der Waals surface area contributed by atoms with Crippen molar-refractivity contribution in [2.45, 2.75) is 76.5 Å². The standard InChI is InChI=1S/C32H34ClN3O2S/c1-2-26-18-27-29(39-26)19-28-30(37)36(20-22-14-16-24(33)17-15-22)32(21-35(27)28,23-10-6-5-7-11-23)31(38)34-25-12-8-3-4-9-13-25/h5-7,10-11,14-19,25H,2-4,8-9,12-13,20-21H2,1H3,(H,34,38)/t32-/m1/s1. The first-order chi connectivity index (χ1) is 19.0.